The fraction of sp³-hybridized carbons (Fsp3) is 0.235. The Morgan fingerprint density at radius 1 is 1.00 bits per heavy atom. The van der Waals surface area contributed by atoms with Crippen molar-refractivity contribution in [3.63, 3.8) is 0 Å². The van der Waals surface area contributed by atoms with E-state index in [4.69, 9.17) is 4.74 Å². The van der Waals surface area contributed by atoms with E-state index in [1.165, 1.54) is 18.2 Å². The molecule has 2 aromatic carbocycles. The van der Waals surface area contributed by atoms with Crippen LogP contribution in [0.2, 0.25) is 0 Å². The quantitative estimate of drug-likeness (QED) is 0.722. The topological polar surface area (TPSA) is 26.3 Å². The number of rotatable bonds is 1. The molecule has 0 heterocycles. The minimum Gasteiger partial charge on any atom is -0.465 e. The van der Waals surface area contributed by atoms with Crippen LogP contribution in [0.3, 0.4) is 0 Å². The van der Waals surface area contributed by atoms with Crippen molar-refractivity contribution in [3.8, 4) is 11.1 Å². The van der Waals surface area contributed by atoms with Gasteiger partial charge in [-0.05, 0) is 28.3 Å². The highest BCUT2D eigenvalue weighted by Gasteiger charge is 2.38. The molecule has 0 N–H and O–H groups in total. The number of carbonyl (C=O) groups is 1. The number of esters is 1. The summed E-state index contributed by atoms with van der Waals surface area (Å²) < 4.78 is 4.91. The van der Waals surface area contributed by atoms with E-state index in [2.05, 4.69) is 32.0 Å². The first-order chi connectivity index (χ1) is 9.07. The van der Waals surface area contributed by atoms with E-state index >= 15 is 0 Å². The molecule has 2 nitrogen and oxygen atoms in total. The second-order valence-electron chi connectivity index (χ2n) is 5.39. The number of carbonyl (C=O) groups excluding carboxylic acids is 1. The molecule has 0 saturated heterocycles. The zero-order valence-electron chi connectivity index (χ0n) is 11.4. The molecular weight excluding hydrogens is 236 g/mol. The maximum Gasteiger partial charge on any atom is 0.338 e. The van der Waals surface area contributed by atoms with E-state index in [1.54, 1.807) is 0 Å². The summed E-state index contributed by atoms with van der Waals surface area (Å²) in [6.07, 6.45) is 0. The van der Waals surface area contributed by atoms with Crippen LogP contribution in [0.5, 0.6) is 0 Å². The number of hydrogen-bond donors (Lipinski definition) is 0. The summed E-state index contributed by atoms with van der Waals surface area (Å²) >= 11 is 0. The van der Waals surface area contributed by atoms with Gasteiger partial charge in [0.15, 0.2) is 0 Å². The van der Waals surface area contributed by atoms with E-state index in [-0.39, 0.29) is 11.4 Å². The molecule has 0 aromatic heterocycles. The first-order valence-corrected chi connectivity index (χ1v) is 6.39. The minimum atomic E-state index is -0.266. The van der Waals surface area contributed by atoms with Gasteiger partial charge in [-0.25, -0.2) is 4.79 Å². The van der Waals surface area contributed by atoms with E-state index in [9.17, 15) is 4.79 Å². The predicted molar refractivity (Wildman–Crippen MR) is 75.3 cm³/mol. The minimum absolute atomic E-state index is 0.170. The Labute approximate surface area is 113 Å². The zero-order chi connectivity index (χ0) is 13.6. The van der Waals surface area contributed by atoms with Crippen molar-refractivity contribution >= 4 is 5.97 Å². The summed E-state index contributed by atoms with van der Waals surface area (Å²) in [5.41, 5.74) is 5.19. The van der Waals surface area contributed by atoms with Gasteiger partial charge in [-0.3, -0.25) is 0 Å². The molecule has 1 aliphatic carbocycles. The molecule has 2 heteroatoms. The number of hydrogen-bond acceptors (Lipinski definition) is 2. The molecule has 0 aliphatic heterocycles. The van der Waals surface area contributed by atoms with E-state index in [0.717, 1.165) is 11.1 Å². The van der Waals surface area contributed by atoms with Gasteiger partial charge >= 0.3 is 5.97 Å². The molecule has 0 amide bonds. The smallest absolute Gasteiger partial charge is 0.338 e. The van der Waals surface area contributed by atoms with Crippen molar-refractivity contribution in [2.24, 2.45) is 0 Å². The molecule has 96 valence electrons. The first kappa shape index (κ1) is 12.0. The average Bonchev–Trinajstić information content (AvgIpc) is 2.68. The van der Waals surface area contributed by atoms with Crippen LogP contribution in [0.25, 0.3) is 11.1 Å². The van der Waals surface area contributed by atoms with Crippen LogP contribution in [-0.2, 0) is 10.2 Å². The van der Waals surface area contributed by atoms with Gasteiger partial charge < -0.3 is 4.74 Å². The molecule has 0 atom stereocenters. The monoisotopic (exact) mass is 252 g/mol. The van der Waals surface area contributed by atoms with Gasteiger partial charge in [-0.1, -0.05) is 50.2 Å². The lowest BCUT2D eigenvalue weighted by atomic mass is 9.80. The van der Waals surface area contributed by atoms with Crippen LogP contribution in [0, 0.1) is 0 Å². The highest BCUT2D eigenvalue weighted by molar-refractivity contribution is 5.97. The van der Waals surface area contributed by atoms with Crippen molar-refractivity contribution in [1.29, 1.82) is 0 Å². The molecule has 0 spiro atoms. The lowest BCUT2D eigenvalue weighted by Gasteiger charge is -2.23. The number of methoxy groups -OCH3 is 1. The van der Waals surface area contributed by atoms with Gasteiger partial charge in [-0.2, -0.15) is 0 Å². The van der Waals surface area contributed by atoms with Crippen molar-refractivity contribution in [2.45, 2.75) is 19.3 Å². The average molecular weight is 252 g/mol. The van der Waals surface area contributed by atoms with Crippen molar-refractivity contribution in [1.82, 2.24) is 0 Å². The Balaban J connectivity index is 2.35. The van der Waals surface area contributed by atoms with Gasteiger partial charge in [0, 0.05) is 5.41 Å². The molecule has 0 radical (unpaired) electrons. The molecule has 2 aromatic rings. The lowest BCUT2D eigenvalue weighted by molar-refractivity contribution is 0.0598. The molecule has 0 fully saturated rings. The number of fused-ring (bicyclic) bond motifs is 3. The fourth-order valence-electron chi connectivity index (χ4n) is 3.13. The Kier molecular flexibility index (Phi) is 2.49. The second kappa shape index (κ2) is 3.95. The number of ether oxygens (including phenoxy) is 1. The molecule has 0 unspecified atom stereocenters. The van der Waals surface area contributed by atoms with Gasteiger partial charge in [0.05, 0.1) is 12.7 Å². The maximum absolute atomic E-state index is 12.0. The molecule has 3 rings (SSSR count). The van der Waals surface area contributed by atoms with E-state index < -0.39 is 0 Å². The first-order valence-electron chi connectivity index (χ1n) is 6.39. The molecule has 1 aliphatic rings. The fourth-order valence-corrected chi connectivity index (χ4v) is 3.13. The third-order valence-corrected chi connectivity index (χ3v) is 3.99. The van der Waals surface area contributed by atoms with Crippen LogP contribution in [0.1, 0.15) is 35.3 Å². The van der Waals surface area contributed by atoms with Crippen LogP contribution >= 0.6 is 0 Å². The number of benzene rings is 2. The lowest BCUT2D eigenvalue weighted by Crippen LogP contribution is -2.19. The summed E-state index contributed by atoms with van der Waals surface area (Å²) in [5, 5.41) is 0. The third-order valence-electron chi connectivity index (χ3n) is 3.99. The normalized spacial score (nSPS) is 14.7. The Morgan fingerprint density at radius 3 is 2.42 bits per heavy atom. The molecule has 0 saturated carbocycles. The summed E-state index contributed by atoms with van der Waals surface area (Å²) in [5.74, 6) is -0.266. The van der Waals surface area contributed by atoms with E-state index in [0.29, 0.717) is 5.56 Å². The molecule has 0 bridgehead atoms. The van der Waals surface area contributed by atoms with Crippen LogP contribution < -0.4 is 0 Å². The third kappa shape index (κ3) is 1.53. The summed E-state index contributed by atoms with van der Waals surface area (Å²) in [4.78, 5) is 12.0. The van der Waals surface area contributed by atoms with Crippen molar-refractivity contribution in [3.05, 3.63) is 59.2 Å². The maximum atomic E-state index is 12.0. The standard InChI is InChI=1S/C17H16O2/c1-17(2)14-10-5-4-7-11(14)12-8-6-9-13(15(12)17)16(18)19-3/h4-10H,1-3H3. The van der Waals surface area contributed by atoms with Crippen molar-refractivity contribution < 1.29 is 9.53 Å². The molecule has 19 heavy (non-hydrogen) atoms. The van der Waals surface area contributed by atoms with Gasteiger partial charge in [0.1, 0.15) is 0 Å². The largest absolute Gasteiger partial charge is 0.465 e. The summed E-state index contributed by atoms with van der Waals surface area (Å²) in [7, 11) is 1.43. The summed E-state index contributed by atoms with van der Waals surface area (Å²) in [6.45, 7) is 4.31. The highest BCUT2D eigenvalue weighted by atomic mass is 16.5. The Morgan fingerprint density at radius 2 is 1.68 bits per heavy atom. The van der Waals surface area contributed by atoms with Gasteiger partial charge in [0.2, 0.25) is 0 Å². The SMILES string of the molecule is COC(=O)c1cccc2c1C(C)(C)c1ccccc1-2. The second-order valence-corrected chi connectivity index (χ2v) is 5.39. The Hall–Kier alpha value is -2.09. The summed E-state index contributed by atoms with van der Waals surface area (Å²) in [6, 6.07) is 14.2. The van der Waals surface area contributed by atoms with Crippen LogP contribution in [0.4, 0.5) is 0 Å². The molecular formula is C17H16O2. The van der Waals surface area contributed by atoms with Gasteiger partial charge in [-0.15, -0.1) is 0 Å². The van der Waals surface area contributed by atoms with E-state index in [1.807, 2.05) is 24.3 Å². The zero-order valence-corrected chi connectivity index (χ0v) is 11.4. The van der Waals surface area contributed by atoms with Crippen LogP contribution in [-0.4, -0.2) is 13.1 Å². The highest BCUT2D eigenvalue weighted by Crippen LogP contribution is 2.49. The van der Waals surface area contributed by atoms with Crippen LogP contribution in [0.15, 0.2) is 42.5 Å². The van der Waals surface area contributed by atoms with Gasteiger partial charge in [0.25, 0.3) is 0 Å². The Bertz CT molecular complexity index is 669. The predicted octanol–water partition coefficient (Wildman–Crippen LogP) is 3.78. The van der Waals surface area contributed by atoms with Crippen molar-refractivity contribution in [2.75, 3.05) is 7.11 Å².